The first-order valence-corrected chi connectivity index (χ1v) is 6.24. The molecule has 0 bridgehead atoms. The summed E-state index contributed by atoms with van der Waals surface area (Å²) in [5.41, 5.74) is 1.98. The molecule has 3 aromatic rings. The molecule has 0 amide bonds. The molecule has 5 heteroatoms. The van der Waals surface area contributed by atoms with Crippen LogP contribution in [0.4, 0.5) is 0 Å². The molecule has 0 atom stereocenters. The van der Waals surface area contributed by atoms with E-state index in [4.69, 9.17) is 0 Å². The lowest BCUT2D eigenvalue weighted by Gasteiger charge is -2.01. The zero-order chi connectivity index (χ0) is 11.5. The Balaban J connectivity index is 1.82. The molecule has 0 saturated heterocycles. The van der Waals surface area contributed by atoms with Gasteiger partial charge in [0.15, 0.2) is 0 Å². The second-order valence-corrected chi connectivity index (χ2v) is 4.48. The van der Waals surface area contributed by atoms with E-state index in [1.807, 2.05) is 47.1 Å². The Kier molecular flexibility index (Phi) is 2.75. The smallest absolute Gasteiger partial charge is 0.113 e. The van der Waals surface area contributed by atoms with Crippen molar-refractivity contribution in [3.8, 4) is 0 Å². The van der Waals surface area contributed by atoms with Crippen molar-refractivity contribution in [2.45, 2.75) is 10.9 Å². The Morgan fingerprint density at radius 1 is 1.06 bits per heavy atom. The third-order valence-electron chi connectivity index (χ3n) is 2.39. The van der Waals surface area contributed by atoms with E-state index >= 15 is 0 Å². The van der Waals surface area contributed by atoms with Crippen LogP contribution in [0, 0.1) is 0 Å². The number of hydrogen-bond donors (Lipinski definition) is 0. The first-order valence-electron chi connectivity index (χ1n) is 5.25. The maximum absolute atomic E-state index is 4.26. The molecule has 2 heterocycles. The molecule has 0 unspecified atom stereocenters. The van der Waals surface area contributed by atoms with Crippen LogP contribution in [0.25, 0.3) is 11.0 Å². The van der Waals surface area contributed by atoms with E-state index in [9.17, 15) is 0 Å². The fraction of sp³-hybridized carbons (Fsp3) is 0.0833. The largest absolute Gasteiger partial charge is 0.250 e. The molecule has 2 aromatic heterocycles. The van der Waals surface area contributed by atoms with Crippen molar-refractivity contribution in [3.63, 3.8) is 0 Å². The molecule has 0 spiro atoms. The summed E-state index contributed by atoms with van der Waals surface area (Å²) in [7, 11) is 0. The first-order chi connectivity index (χ1) is 8.43. The summed E-state index contributed by atoms with van der Waals surface area (Å²) in [5.74, 6) is 0.720. The molecular formula is C12H10N4S. The van der Waals surface area contributed by atoms with E-state index in [0.717, 1.165) is 21.9 Å². The second kappa shape index (κ2) is 4.55. The summed E-state index contributed by atoms with van der Waals surface area (Å²) in [6.07, 6.45) is 1.79. The van der Waals surface area contributed by atoms with E-state index in [1.165, 1.54) is 0 Å². The number of para-hydroxylation sites is 1. The number of thioether (sulfide) groups is 1. The summed E-state index contributed by atoms with van der Waals surface area (Å²) in [6, 6.07) is 13.8. The minimum Gasteiger partial charge on any atom is -0.250 e. The molecular weight excluding hydrogens is 232 g/mol. The lowest BCUT2D eigenvalue weighted by Crippen LogP contribution is -1.97. The summed E-state index contributed by atoms with van der Waals surface area (Å²) < 4.78 is 1.88. The van der Waals surface area contributed by atoms with Crippen LogP contribution in [0.3, 0.4) is 0 Å². The SMILES string of the molecule is c1ccc(SCn2nnc3ccccc32)nc1. The highest BCUT2D eigenvalue weighted by atomic mass is 32.2. The predicted octanol–water partition coefficient (Wildman–Crippen LogP) is 2.58. The quantitative estimate of drug-likeness (QED) is 0.662. The van der Waals surface area contributed by atoms with E-state index < -0.39 is 0 Å². The summed E-state index contributed by atoms with van der Waals surface area (Å²) in [5, 5.41) is 9.23. The highest BCUT2D eigenvalue weighted by molar-refractivity contribution is 7.98. The van der Waals surface area contributed by atoms with E-state index in [2.05, 4.69) is 15.3 Å². The first kappa shape index (κ1) is 10.3. The van der Waals surface area contributed by atoms with Crippen molar-refractivity contribution >= 4 is 22.8 Å². The highest BCUT2D eigenvalue weighted by Gasteiger charge is 2.03. The monoisotopic (exact) mass is 242 g/mol. The lowest BCUT2D eigenvalue weighted by atomic mass is 10.3. The van der Waals surface area contributed by atoms with Crippen molar-refractivity contribution in [2.75, 3.05) is 0 Å². The van der Waals surface area contributed by atoms with Crippen LogP contribution in [0.15, 0.2) is 53.7 Å². The number of aromatic nitrogens is 4. The number of fused-ring (bicyclic) bond motifs is 1. The fourth-order valence-corrected chi connectivity index (χ4v) is 2.33. The highest BCUT2D eigenvalue weighted by Crippen LogP contribution is 2.18. The number of hydrogen-bond acceptors (Lipinski definition) is 4. The van der Waals surface area contributed by atoms with E-state index in [1.54, 1.807) is 18.0 Å². The van der Waals surface area contributed by atoms with Gasteiger partial charge in [0.1, 0.15) is 5.52 Å². The molecule has 4 nitrogen and oxygen atoms in total. The molecule has 0 N–H and O–H groups in total. The Bertz CT molecular complexity index is 620. The Hall–Kier alpha value is -1.88. The molecule has 1 aromatic carbocycles. The number of pyridine rings is 1. The Morgan fingerprint density at radius 3 is 2.82 bits per heavy atom. The molecule has 0 aliphatic carbocycles. The minimum absolute atomic E-state index is 0.720. The zero-order valence-electron chi connectivity index (χ0n) is 9.02. The van der Waals surface area contributed by atoms with Gasteiger partial charge < -0.3 is 0 Å². The summed E-state index contributed by atoms with van der Waals surface area (Å²) in [4.78, 5) is 4.26. The predicted molar refractivity (Wildman–Crippen MR) is 67.6 cm³/mol. The average Bonchev–Trinajstić information content (AvgIpc) is 2.81. The standard InChI is InChI=1S/C12H10N4S/c1-2-6-11-10(5-1)14-15-16(11)9-17-12-7-3-4-8-13-12/h1-8H,9H2. The van der Waals surface area contributed by atoms with E-state index in [0.29, 0.717) is 0 Å². The second-order valence-electron chi connectivity index (χ2n) is 3.52. The maximum Gasteiger partial charge on any atom is 0.113 e. The van der Waals surface area contributed by atoms with Gasteiger partial charge in [-0.15, -0.1) is 5.10 Å². The Morgan fingerprint density at radius 2 is 1.94 bits per heavy atom. The number of nitrogens with zero attached hydrogens (tertiary/aromatic N) is 4. The molecule has 3 rings (SSSR count). The number of rotatable bonds is 3. The topological polar surface area (TPSA) is 43.6 Å². The van der Waals surface area contributed by atoms with E-state index in [-0.39, 0.29) is 0 Å². The van der Waals surface area contributed by atoms with Crippen LogP contribution in [-0.2, 0) is 5.88 Å². The van der Waals surface area contributed by atoms with Gasteiger partial charge in [0, 0.05) is 6.20 Å². The van der Waals surface area contributed by atoms with Gasteiger partial charge in [-0.3, -0.25) is 0 Å². The fourth-order valence-electron chi connectivity index (χ4n) is 1.57. The van der Waals surface area contributed by atoms with Crippen molar-refractivity contribution in [1.29, 1.82) is 0 Å². The molecule has 0 saturated carbocycles. The van der Waals surface area contributed by atoms with Crippen LogP contribution in [0.1, 0.15) is 0 Å². The summed E-state index contributed by atoms with van der Waals surface area (Å²) in [6.45, 7) is 0. The average molecular weight is 242 g/mol. The molecule has 0 aliphatic heterocycles. The van der Waals surface area contributed by atoms with Crippen molar-refractivity contribution in [2.24, 2.45) is 0 Å². The Labute approximate surface area is 103 Å². The van der Waals surface area contributed by atoms with Crippen LogP contribution >= 0.6 is 11.8 Å². The molecule has 84 valence electrons. The van der Waals surface area contributed by atoms with Gasteiger partial charge in [0.25, 0.3) is 0 Å². The molecule has 0 fully saturated rings. The van der Waals surface area contributed by atoms with Crippen molar-refractivity contribution in [3.05, 3.63) is 48.7 Å². The van der Waals surface area contributed by atoms with Crippen LogP contribution < -0.4 is 0 Å². The number of benzene rings is 1. The zero-order valence-corrected chi connectivity index (χ0v) is 9.84. The van der Waals surface area contributed by atoms with Crippen LogP contribution in [0.2, 0.25) is 0 Å². The molecule has 0 radical (unpaired) electrons. The van der Waals surface area contributed by atoms with Gasteiger partial charge in [-0.05, 0) is 24.3 Å². The lowest BCUT2D eigenvalue weighted by molar-refractivity contribution is 0.722. The molecule has 0 aliphatic rings. The van der Waals surface area contributed by atoms with Gasteiger partial charge in [-0.2, -0.15) is 0 Å². The van der Waals surface area contributed by atoms with Gasteiger partial charge in [0.2, 0.25) is 0 Å². The normalized spacial score (nSPS) is 10.8. The third-order valence-corrected chi connectivity index (χ3v) is 3.30. The van der Waals surface area contributed by atoms with Crippen molar-refractivity contribution in [1.82, 2.24) is 20.0 Å². The van der Waals surface area contributed by atoms with Crippen molar-refractivity contribution < 1.29 is 0 Å². The van der Waals surface area contributed by atoms with Gasteiger partial charge in [0.05, 0.1) is 16.4 Å². The molecule has 17 heavy (non-hydrogen) atoms. The third kappa shape index (κ3) is 2.14. The van der Waals surface area contributed by atoms with Gasteiger partial charge >= 0.3 is 0 Å². The van der Waals surface area contributed by atoms with Gasteiger partial charge in [-0.1, -0.05) is 35.2 Å². The van der Waals surface area contributed by atoms with Crippen LogP contribution in [-0.4, -0.2) is 20.0 Å². The summed E-state index contributed by atoms with van der Waals surface area (Å²) >= 11 is 1.64. The minimum atomic E-state index is 0.720. The maximum atomic E-state index is 4.26. The van der Waals surface area contributed by atoms with Crippen LogP contribution in [0.5, 0.6) is 0 Å². The van der Waals surface area contributed by atoms with Gasteiger partial charge in [-0.25, -0.2) is 9.67 Å².